The van der Waals surface area contributed by atoms with E-state index in [4.69, 9.17) is 4.98 Å². The first-order valence-electron chi connectivity index (χ1n) is 11.3. The number of rotatable bonds is 8. The second kappa shape index (κ2) is 10.4. The summed E-state index contributed by atoms with van der Waals surface area (Å²) in [6.07, 6.45) is -0.121. The molecule has 0 saturated carbocycles. The summed E-state index contributed by atoms with van der Waals surface area (Å²) in [5.74, 6) is -1.10. The topological polar surface area (TPSA) is 82.6 Å². The standard InChI is InChI=1S/C24H29FN4O3S2/c1-17-15-18(2)23-21(16-17)33-24(27-23)29-12-10-28(11-13-29)9-8-26-22(30)7-14-34(31,32)20-5-3-19(25)4-6-20/h3-6,15-16H,7-14H2,1-2H3,(H,26,30). The van der Waals surface area contributed by atoms with E-state index in [9.17, 15) is 17.6 Å². The average Bonchev–Trinajstić information content (AvgIpc) is 3.23. The number of nitrogens with zero attached hydrogens (tertiary/aromatic N) is 3. The lowest BCUT2D eigenvalue weighted by molar-refractivity contribution is -0.120. The molecule has 1 aromatic heterocycles. The maximum atomic E-state index is 13.0. The zero-order valence-electron chi connectivity index (χ0n) is 19.4. The van der Waals surface area contributed by atoms with Crippen LogP contribution in [-0.4, -0.2) is 69.2 Å². The van der Waals surface area contributed by atoms with Crippen molar-refractivity contribution in [1.29, 1.82) is 0 Å². The first kappa shape index (κ1) is 24.6. The fourth-order valence-electron chi connectivity index (χ4n) is 4.09. The Bertz CT molecular complexity index is 1270. The maximum absolute atomic E-state index is 13.0. The number of aryl methyl sites for hydroxylation is 2. The molecular weight excluding hydrogens is 475 g/mol. The Morgan fingerprint density at radius 2 is 1.82 bits per heavy atom. The van der Waals surface area contributed by atoms with Gasteiger partial charge in [0, 0.05) is 45.7 Å². The van der Waals surface area contributed by atoms with Crippen LogP contribution in [0.3, 0.4) is 0 Å². The van der Waals surface area contributed by atoms with E-state index in [1.54, 1.807) is 11.3 Å². The number of nitrogens with one attached hydrogen (secondary N) is 1. The SMILES string of the molecule is Cc1cc(C)c2nc(N3CCN(CCNC(=O)CCS(=O)(=O)c4ccc(F)cc4)CC3)sc2c1. The molecule has 1 aliphatic heterocycles. The normalized spacial score (nSPS) is 15.1. The van der Waals surface area contributed by atoms with Gasteiger partial charge in [0.15, 0.2) is 15.0 Å². The van der Waals surface area contributed by atoms with Crippen LogP contribution in [0.25, 0.3) is 10.2 Å². The van der Waals surface area contributed by atoms with Crippen molar-refractivity contribution in [2.45, 2.75) is 25.2 Å². The highest BCUT2D eigenvalue weighted by Crippen LogP contribution is 2.32. The van der Waals surface area contributed by atoms with Crippen LogP contribution in [0.1, 0.15) is 17.5 Å². The second-order valence-electron chi connectivity index (χ2n) is 8.63. The molecule has 2 aromatic carbocycles. The zero-order chi connectivity index (χ0) is 24.3. The lowest BCUT2D eigenvalue weighted by atomic mass is 10.1. The van der Waals surface area contributed by atoms with Crippen LogP contribution >= 0.6 is 11.3 Å². The van der Waals surface area contributed by atoms with Gasteiger partial charge in [-0.25, -0.2) is 17.8 Å². The molecule has 0 atom stereocenters. The Balaban J connectivity index is 1.19. The number of carbonyl (C=O) groups is 1. The van der Waals surface area contributed by atoms with Crippen LogP contribution in [0.4, 0.5) is 9.52 Å². The van der Waals surface area contributed by atoms with Crippen LogP contribution in [0.2, 0.25) is 0 Å². The van der Waals surface area contributed by atoms with Crippen LogP contribution < -0.4 is 10.2 Å². The second-order valence-corrected chi connectivity index (χ2v) is 11.7. The Hall–Kier alpha value is -2.56. The van der Waals surface area contributed by atoms with Gasteiger partial charge in [0.1, 0.15) is 5.82 Å². The van der Waals surface area contributed by atoms with Crippen molar-refractivity contribution in [3.63, 3.8) is 0 Å². The number of hydrogen-bond donors (Lipinski definition) is 1. The van der Waals surface area contributed by atoms with E-state index in [2.05, 4.69) is 41.1 Å². The van der Waals surface area contributed by atoms with Crippen molar-refractivity contribution < 1.29 is 17.6 Å². The Kier molecular flexibility index (Phi) is 7.49. The van der Waals surface area contributed by atoms with E-state index in [1.165, 1.54) is 28.0 Å². The summed E-state index contributed by atoms with van der Waals surface area (Å²) in [5.41, 5.74) is 3.54. The highest BCUT2D eigenvalue weighted by molar-refractivity contribution is 7.91. The smallest absolute Gasteiger partial charge is 0.221 e. The number of sulfone groups is 1. The minimum Gasteiger partial charge on any atom is -0.355 e. The minimum atomic E-state index is -3.61. The number of piperazine rings is 1. The van der Waals surface area contributed by atoms with Gasteiger partial charge in [-0.15, -0.1) is 0 Å². The molecule has 0 spiro atoms. The van der Waals surface area contributed by atoms with Crippen LogP contribution in [0.15, 0.2) is 41.3 Å². The minimum absolute atomic E-state index is 0.0259. The molecular formula is C24H29FN4O3S2. The van der Waals surface area contributed by atoms with E-state index in [-0.39, 0.29) is 23.0 Å². The zero-order valence-corrected chi connectivity index (χ0v) is 21.0. The van der Waals surface area contributed by atoms with Crippen molar-refractivity contribution in [2.75, 3.05) is 49.9 Å². The summed E-state index contributed by atoms with van der Waals surface area (Å²) in [6.45, 7) is 8.89. The number of anilines is 1. The summed E-state index contributed by atoms with van der Waals surface area (Å²) in [6, 6.07) is 9.00. The molecule has 10 heteroatoms. The molecule has 0 aliphatic carbocycles. The van der Waals surface area contributed by atoms with Crippen molar-refractivity contribution in [1.82, 2.24) is 15.2 Å². The molecule has 1 aliphatic rings. The fourth-order valence-corrected chi connectivity index (χ4v) is 6.52. The molecule has 1 saturated heterocycles. The molecule has 1 fully saturated rings. The van der Waals surface area contributed by atoms with Gasteiger partial charge in [0.05, 0.1) is 20.9 Å². The summed E-state index contributed by atoms with van der Waals surface area (Å²) < 4.78 is 38.8. The first-order chi connectivity index (χ1) is 16.2. The lowest BCUT2D eigenvalue weighted by Crippen LogP contribution is -2.48. The van der Waals surface area contributed by atoms with Gasteiger partial charge >= 0.3 is 0 Å². The van der Waals surface area contributed by atoms with Crippen molar-refractivity contribution in [2.24, 2.45) is 0 Å². The number of aromatic nitrogens is 1. The maximum Gasteiger partial charge on any atom is 0.221 e. The van der Waals surface area contributed by atoms with E-state index < -0.39 is 15.7 Å². The van der Waals surface area contributed by atoms with Crippen molar-refractivity contribution in [3.05, 3.63) is 53.3 Å². The van der Waals surface area contributed by atoms with Crippen LogP contribution in [0.5, 0.6) is 0 Å². The number of hydrogen-bond acceptors (Lipinski definition) is 7. The molecule has 34 heavy (non-hydrogen) atoms. The van der Waals surface area contributed by atoms with Gasteiger partial charge in [-0.05, 0) is 55.3 Å². The van der Waals surface area contributed by atoms with Gasteiger partial charge in [0.25, 0.3) is 0 Å². The van der Waals surface area contributed by atoms with E-state index in [0.29, 0.717) is 13.1 Å². The predicted octanol–water partition coefficient (Wildman–Crippen LogP) is 3.15. The summed E-state index contributed by atoms with van der Waals surface area (Å²) >= 11 is 1.73. The number of halogens is 1. The molecule has 0 unspecified atom stereocenters. The van der Waals surface area contributed by atoms with E-state index >= 15 is 0 Å². The van der Waals surface area contributed by atoms with Crippen LogP contribution in [0, 0.1) is 19.7 Å². The molecule has 7 nitrogen and oxygen atoms in total. The summed E-state index contributed by atoms with van der Waals surface area (Å²) in [7, 11) is -3.61. The van der Waals surface area contributed by atoms with Gasteiger partial charge in [-0.1, -0.05) is 17.4 Å². The number of amides is 1. The number of carbonyl (C=O) groups excluding carboxylic acids is 1. The molecule has 1 N–H and O–H groups in total. The number of benzene rings is 2. The highest BCUT2D eigenvalue weighted by atomic mass is 32.2. The van der Waals surface area contributed by atoms with Gasteiger partial charge in [-0.3, -0.25) is 9.69 Å². The van der Waals surface area contributed by atoms with Crippen molar-refractivity contribution >= 4 is 42.4 Å². The lowest BCUT2D eigenvalue weighted by Gasteiger charge is -2.34. The molecule has 2 heterocycles. The van der Waals surface area contributed by atoms with Gasteiger partial charge in [0.2, 0.25) is 5.91 Å². The molecule has 0 radical (unpaired) electrons. The highest BCUT2D eigenvalue weighted by Gasteiger charge is 2.21. The Morgan fingerprint density at radius 1 is 1.12 bits per heavy atom. The third-order valence-electron chi connectivity index (χ3n) is 5.98. The summed E-state index contributed by atoms with van der Waals surface area (Å²) in [4.78, 5) is 21.6. The largest absolute Gasteiger partial charge is 0.355 e. The van der Waals surface area contributed by atoms with E-state index in [0.717, 1.165) is 49.0 Å². The Morgan fingerprint density at radius 3 is 2.53 bits per heavy atom. The first-order valence-corrected chi connectivity index (χ1v) is 13.8. The molecule has 4 rings (SSSR count). The molecule has 182 valence electrons. The fraction of sp³-hybridized carbons (Fsp3) is 0.417. The van der Waals surface area contributed by atoms with Gasteiger partial charge in [-0.2, -0.15) is 0 Å². The predicted molar refractivity (Wildman–Crippen MR) is 134 cm³/mol. The molecule has 0 bridgehead atoms. The molecule has 1 amide bonds. The van der Waals surface area contributed by atoms with Crippen molar-refractivity contribution in [3.8, 4) is 0 Å². The summed E-state index contributed by atoms with van der Waals surface area (Å²) in [5, 5.41) is 3.86. The van der Waals surface area contributed by atoms with Gasteiger partial charge < -0.3 is 10.2 Å². The third-order valence-corrected chi connectivity index (χ3v) is 8.78. The van der Waals surface area contributed by atoms with Crippen LogP contribution in [-0.2, 0) is 14.6 Å². The average molecular weight is 505 g/mol. The third kappa shape index (κ3) is 5.92. The quantitative estimate of drug-likeness (QED) is 0.475. The Labute approximate surface area is 203 Å². The molecule has 3 aromatic rings. The number of fused-ring (bicyclic) bond motifs is 1. The monoisotopic (exact) mass is 504 g/mol. The van der Waals surface area contributed by atoms with E-state index in [1.807, 2.05) is 0 Å². The number of thiazole rings is 1.